The van der Waals surface area contributed by atoms with E-state index in [1.165, 1.54) is 6.07 Å². The SMILES string of the molecule is Cc1cc(-c2cc(C(=O)O)nc3c2c(C)nn3C)oc1C. The zero-order chi connectivity index (χ0) is 15.3. The van der Waals surface area contributed by atoms with Crippen LogP contribution in [0.3, 0.4) is 0 Å². The van der Waals surface area contributed by atoms with Crippen molar-refractivity contribution in [2.45, 2.75) is 20.8 Å². The van der Waals surface area contributed by atoms with E-state index < -0.39 is 5.97 Å². The molecule has 3 aromatic heterocycles. The summed E-state index contributed by atoms with van der Waals surface area (Å²) in [4.78, 5) is 15.5. The van der Waals surface area contributed by atoms with Crippen molar-refractivity contribution in [2.24, 2.45) is 7.05 Å². The molecule has 1 N–H and O–H groups in total. The molecule has 0 saturated heterocycles. The van der Waals surface area contributed by atoms with E-state index in [-0.39, 0.29) is 5.69 Å². The minimum absolute atomic E-state index is 0.0211. The molecule has 0 aliphatic rings. The average molecular weight is 285 g/mol. The topological polar surface area (TPSA) is 81.1 Å². The second-order valence-electron chi connectivity index (χ2n) is 5.12. The Kier molecular flexibility index (Phi) is 2.83. The van der Waals surface area contributed by atoms with Crippen molar-refractivity contribution in [3.8, 4) is 11.3 Å². The number of aromatic nitrogens is 3. The lowest BCUT2D eigenvalue weighted by Gasteiger charge is -2.03. The maximum atomic E-state index is 11.3. The molecule has 0 fully saturated rings. The fourth-order valence-electron chi connectivity index (χ4n) is 2.45. The predicted molar refractivity (Wildman–Crippen MR) is 77.4 cm³/mol. The fraction of sp³-hybridized carbons (Fsp3) is 0.267. The monoisotopic (exact) mass is 285 g/mol. The van der Waals surface area contributed by atoms with Crippen LogP contribution in [0.4, 0.5) is 0 Å². The number of aryl methyl sites for hydroxylation is 4. The summed E-state index contributed by atoms with van der Waals surface area (Å²) < 4.78 is 7.34. The third-order valence-electron chi connectivity index (χ3n) is 3.62. The van der Waals surface area contributed by atoms with Crippen LogP contribution in [0.1, 0.15) is 27.5 Å². The molecule has 3 heterocycles. The molecule has 6 heteroatoms. The lowest BCUT2D eigenvalue weighted by Crippen LogP contribution is -2.03. The number of pyridine rings is 1. The molecular weight excluding hydrogens is 270 g/mol. The third-order valence-corrected chi connectivity index (χ3v) is 3.62. The van der Waals surface area contributed by atoms with Crippen LogP contribution in [-0.4, -0.2) is 25.8 Å². The predicted octanol–water partition coefficient (Wildman–Crippen LogP) is 2.85. The first kappa shape index (κ1) is 13.4. The molecule has 0 saturated carbocycles. The quantitative estimate of drug-likeness (QED) is 0.783. The maximum Gasteiger partial charge on any atom is 0.354 e. The van der Waals surface area contributed by atoms with Gasteiger partial charge in [-0.25, -0.2) is 9.78 Å². The molecule has 6 nitrogen and oxygen atoms in total. The van der Waals surface area contributed by atoms with Crippen LogP contribution in [0.5, 0.6) is 0 Å². The van der Waals surface area contributed by atoms with Crippen LogP contribution in [0.2, 0.25) is 0 Å². The zero-order valence-corrected chi connectivity index (χ0v) is 12.3. The highest BCUT2D eigenvalue weighted by atomic mass is 16.4. The van der Waals surface area contributed by atoms with Crippen LogP contribution in [0.15, 0.2) is 16.5 Å². The molecule has 0 spiro atoms. The lowest BCUT2D eigenvalue weighted by atomic mass is 10.1. The summed E-state index contributed by atoms with van der Waals surface area (Å²) >= 11 is 0. The Hall–Kier alpha value is -2.63. The highest BCUT2D eigenvalue weighted by Gasteiger charge is 2.19. The highest BCUT2D eigenvalue weighted by Crippen LogP contribution is 2.33. The van der Waals surface area contributed by atoms with Crippen molar-refractivity contribution < 1.29 is 14.3 Å². The minimum atomic E-state index is -1.07. The second kappa shape index (κ2) is 4.44. The standard InChI is InChI=1S/C15H15N3O3/c1-7-5-12(21-9(7)3)10-6-11(15(19)20)16-14-13(10)8(2)17-18(14)4/h5-6H,1-4H3,(H,19,20). The molecule has 0 aliphatic carbocycles. The second-order valence-corrected chi connectivity index (χ2v) is 5.12. The summed E-state index contributed by atoms with van der Waals surface area (Å²) in [6.07, 6.45) is 0. The number of fused-ring (bicyclic) bond motifs is 1. The molecule has 108 valence electrons. The minimum Gasteiger partial charge on any atom is -0.477 e. The summed E-state index contributed by atoms with van der Waals surface area (Å²) in [6.45, 7) is 5.71. The number of aromatic carboxylic acids is 1. The molecule has 0 unspecified atom stereocenters. The van der Waals surface area contributed by atoms with E-state index in [1.807, 2.05) is 26.8 Å². The summed E-state index contributed by atoms with van der Waals surface area (Å²) in [7, 11) is 1.75. The number of carbonyl (C=O) groups is 1. The third kappa shape index (κ3) is 1.99. The molecular formula is C15H15N3O3. The fourth-order valence-corrected chi connectivity index (χ4v) is 2.45. The van der Waals surface area contributed by atoms with Crippen molar-refractivity contribution in [3.05, 3.63) is 34.8 Å². The number of rotatable bonds is 2. The summed E-state index contributed by atoms with van der Waals surface area (Å²) in [5.41, 5.74) is 3.03. The number of carboxylic acid groups (broad SMARTS) is 1. The van der Waals surface area contributed by atoms with E-state index in [2.05, 4.69) is 10.1 Å². The molecule has 0 atom stereocenters. The Morgan fingerprint density at radius 3 is 2.57 bits per heavy atom. The van der Waals surface area contributed by atoms with Crippen molar-refractivity contribution in [1.29, 1.82) is 0 Å². The van der Waals surface area contributed by atoms with Gasteiger partial charge in [0.05, 0.1) is 11.1 Å². The van der Waals surface area contributed by atoms with Gasteiger partial charge >= 0.3 is 5.97 Å². The Morgan fingerprint density at radius 2 is 2.00 bits per heavy atom. The van der Waals surface area contributed by atoms with Crippen molar-refractivity contribution in [2.75, 3.05) is 0 Å². The van der Waals surface area contributed by atoms with Gasteiger partial charge in [0.1, 0.15) is 11.5 Å². The number of carboxylic acids is 1. The van der Waals surface area contributed by atoms with Gasteiger partial charge in [0.15, 0.2) is 11.3 Å². The normalized spacial score (nSPS) is 11.2. The van der Waals surface area contributed by atoms with Crippen LogP contribution in [-0.2, 0) is 7.05 Å². The van der Waals surface area contributed by atoms with Crippen LogP contribution in [0, 0.1) is 20.8 Å². The largest absolute Gasteiger partial charge is 0.477 e. The van der Waals surface area contributed by atoms with Gasteiger partial charge in [0.2, 0.25) is 0 Å². The van der Waals surface area contributed by atoms with Crippen LogP contribution >= 0.6 is 0 Å². The van der Waals surface area contributed by atoms with Gasteiger partial charge in [-0.2, -0.15) is 5.10 Å². The van der Waals surface area contributed by atoms with Crippen molar-refractivity contribution in [1.82, 2.24) is 14.8 Å². The molecule has 0 amide bonds. The first-order chi connectivity index (χ1) is 9.88. The Morgan fingerprint density at radius 1 is 1.29 bits per heavy atom. The Bertz CT molecular complexity index is 855. The van der Waals surface area contributed by atoms with Crippen molar-refractivity contribution in [3.63, 3.8) is 0 Å². The smallest absolute Gasteiger partial charge is 0.354 e. The molecule has 21 heavy (non-hydrogen) atoms. The maximum absolute atomic E-state index is 11.3. The van der Waals surface area contributed by atoms with Crippen LogP contribution < -0.4 is 0 Å². The number of hydrogen-bond donors (Lipinski definition) is 1. The van der Waals surface area contributed by atoms with Gasteiger partial charge in [-0.05, 0) is 38.5 Å². The van der Waals surface area contributed by atoms with Gasteiger partial charge in [0.25, 0.3) is 0 Å². The Balaban J connectivity index is 2.41. The summed E-state index contributed by atoms with van der Waals surface area (Å²) in [5, 5.41) is 14.4. The molecule has 0 aliphatic heterocycles. The molecule has 3 rings (SSSR count). The molecule has 0 radical (unpaired) electrons. The van der Waals surface area contributed by atoms with Gasteiger partial charge in [0, 0.05) is 12.6 Å². The first-order valence-corrected chi connectivity index (χ1v) is 6.53. The van der Waals surface area contributed by atoms with Crippen molar-refractivity contribution >= 4 is 17.0 Å². The molecule has 0 aromatic carbocycles. The van der Waals surface area contributed by atoms with Gasteiger partial charge in [-0.15, -0.1) is 0 Å². The molecule has 3 aromatic rings. The van der Waals surface area contributed by atoms with Gasteiger partial charge < -0.3 is 9.52 Å². The number of nitrogens with zero attached hydrogens (tertiary/aromatic N) is 3. The number of furan rings is 1. The number of hydrogen-bond acceptors (Lipinski definition) is 4. The van der Waals surface area contributed by atoms with Gasteiger partial charge in [-0.3, -0.25) is 4.68 Å². The van der Waals surface area contributed by atoms with E-state index >= 15 is 0 Å². The van der Waals surface area contributed by atoms with E-state index in [0.29, 0.717) is 17.0 Å². The lowest BCUT2D eigenvalue weighted by molar-refractivity contribution is 0.0691. The highest BCUT2D eigenvalue weighted by molar-refractivity contribution is 5.98. The average Bonchev–Trinajstić information content (AvgIpc) is 2.90. The molecule has 0 bridgehead atoms. The van der Waals surface area contributed by atoms with E-state index in [1.54, 1.807) is 11.7 Å². The summed E-state index contributed by atoms with van der Waals surface area (Å²) in [5.74, 6) is 0.376. The Labute approximate surface area is 121 Å². The van der Waals surface area contributed by atoms with E-state index in [9.17, 15) is 9.90 Å². The zero-order valence-electron chi connectivity index (χ0n) is 12.3. The van der Waals surface area contributed by atoms with E-state index in [0.717, 1.165) is 22.4 Å². The van der Waals surface area contributed by atoms with E-state index in [4.69, 9.17) is 4.42 Å². The van der Waals surface area contributed by atoms with Crippen LogP contribution in [0.25, 0.3) is 22.4 Å². The first-order valence-electron chi connectivity index (χ1n) is 6.53. The van der Waals surface area contributed by atoms with Gasteiger partial charge in [-0.1, -0.05) is 0 Å². The summed E-state index contributed by atoms with van der Waals surface area (Å²) in [6, 6.07) is 3.44.